The third-order valence-electron chi connectivity index (χ3n) is 6.45. The first kappa shape index (κ1) is 20.4. The molecule has 4 aromatic rings. The number of esters is 1. The fourth-order valence-electron chi connectivity index (χ4n) is 5.06. The van der Waals surface area contributed by atoms with Gasteiger partial charge in [-0.2, -0.15) is 0 Å². The summed E-state index contributed by atoms with van der Waals surface area (Å²) in [7, 11) is 2.03. The summed E-state index contributed by atoms with van der Waals surface area (Å²) in [6.07, 6.45) is 4.28. The van der Waals surface area contributed by atoms with Gasteiger partial charge in [-0.25, -0.2) is 9.59 Å². The number of rotatable bonds is 5. The Labute approximate surface area is 186 Å². The standard InChI is InChI=1S/C26H27N3O3/c1-4-32-25(30)19-10-8-13-20(19)29-22-12-6-5-11-21(22)28(26(29)31)16-18-15-27(3)23-14-7-9-17(2)24(18)23/h5-7,9,11-12,14-15H,4,8,10,13,16H2,1-3H3. The predicted molar refractivity (Wildman–Crippen MR) is 127 cm³/mol. The normalized spacial score (nSPS) is 14.1. The van der Waals surface area contributed by atoms with E-state index in [1.165, 1.54) is 10.9 Å². The van der Waals surface area contributed by atoms with Crippen LogP contribution < -0.4 is 5.69 Å². The van der Waals surface area contributed by atoms with Gasteiger partial charge < -0.3 is 9.30 Å². The highest BCUT2D eigenvalue weighted by molar-refractivity contribution is 5.97. The lowest BCUT2D eigenvalue weighted by atomic mass is 10.1. The topological polar surface area (TPSA) is 58.2 Å². The molecule has 0 aliphatic heterocycles. The second-order valence-corrected chi connectivity index (χ2v) is 8.43. The first-order valence-corrected chi connectivity index (χ1v) is 11.1. The van der Waals surface area contributed by atoms with E-state index in [0.29, 0.717) is 31.6 Å². The summed E-state index contributed by atoms with van der Waals surface area (Å²) < 4.78 is 10.9. The number of imidazole rings is 1. The van der Waals surface area contributed by atoms with Crippen molar-refractivity contribution in [1.82, 2.24) is 13.7 Å². The van der Waals surface area contributed by atoms with Crippen molar-refractivity contribution in [3.05, 3.63) is 75.8 Å². The van der Waals surface area contributed by atoms with Crippen molar-refractivity contribution in [2.24, 2.45) is 7.05 Å². The van der Waals surface area contributed by atoms with Gasteiger partial charge in [0.25, 0.3) is 0 Å². The minimum Gasteiger partial charge on any atom is -0.463 e. The summed E-state index contributed by atoms with van der Waals surface area (Å²) in [5.74, 6) is -0.312. The Hall–Kier alpha value is -3.54. The molecule has 0 atom stereocenters. The van der Waals surface area contributed by atoms with Gasteiger partial charge in [-0.3, -0.25) is 9.13 Å². The maximum Gasteiger partial charge on any atom is 0.335 e. The van der Waals surface area contributed by atoms with Crippen LogP contribution in [0, 0.1) is 6.92 Å². The van der Waals surface area contributed by atoms with Crippen molar-refractivity contribution in [3.8, 4) is 0 Å². The number of para-hydroxylation sites is 2. The Bertz CT molecular complexity index is 1450. The number of hydrogen-bond acceptors (Lipinski definition) is 3. The molecule has 6 nitrogen and oxygen atoms in total. The van der Waals surface area contributed by atoms with Crippen molar-refractivity contribution in [1.29, 1.82) is 0 Å². The molecule has 0 radical (unpaired) electrons. The summed E-state index contributed by atoms with van der Waals surface area (Å²) in [6.45, 7) is 4.70. The molecule has 0 spiro atoms. The van der Waals surface area contributed by atoms with Crippen molar-refractivity contribution >= 4 is 33.6 Å². The lowest BCUT2D eigenvalue weighted by Crippen LogP contribution is -2.25. The zero-order chi connectivity index (χ0) is 22.4. The quantitative estimate of drug-likeness (QED) is 0.435. The highest BCUT2D eigenvalue weighted by Gasteiger charge is 2.27. The largest absolute Gasteiger partial charge is 0.463 e. The molecular formula is C26H27N3O3. The first-order chi connectivity index (χ1) is 15.5. The van der Waals surface area contributed by atoms with Crippen molar-refractivity contribution < 1.29 is 9.53 Å². The highest BCUT2D eigenvalue weighted by atomic mass is 16.5. The van der Waals surface area contributed by atoms with Crippen LogP contribution in [-0.2, 0) is 23.1 Å². The molecule has 0 bridgehead atoms. The van der Waals surface area contributed by atoms with Crippen LogP contribution in [-0.4, -0.2) is 26.3 Å². The van der Waals surface area contributed by atoms with Crippen LogP contribution >= 0.6 is 0 Å². The fourth-order valence-corrected chi connectivity index (χ4v) is 5.06. The van der Waals surface area contributed by atoms with Gasteiger partial charge >= 0.3 is 11.7 Å². The van der Waals surface area contributed by atoms with E-state index in [9.17, 15) is 9.59 Å². The van der Waals surface area contributed by atoms with Gasteiger partial charge in [-0.05, 0) is 62.4 Å². The molecule has 5 rings (SSSR count). The van der Waals surface area contributed by atoms with Gasteiger partial charge in [0.1, 0.15) is 0 Å². The Morgan fingerprint density at radius 3 is 2.56 bits per heavy atom. The monoisotopic (exact) mass is 429 g/mol. The Morgan fingerprint density at radius 2 is 1.78 bits per heavy atom. The van der Waals surface area contributed by atoms with Crippen molar-refractivity contribution in [3.63, 3.8) is 0 Å². The van der Waals surface area contributed by atoms with E-state index in [1.807, 2.05) is 35.9 Å². The second-order valence-electron chi connectivity index (χ2n) is 8.43. The zero-order valence-electron chi connectivity index (χ0n) is 18.7. The van der Waals surface area contributed by atoms with E-state index in [1.54, 1.807) is 11.5 Å². The van der Waals surface area contributed by atoms with Crippen LogP contribution in [0.4, 0.5) is 0 Å². The maximum absolute atomic E-state index is 13.8. The lowest BCUT2D eigenvalue weighted by molar-refractivity contribution is -0.138. The third-order valence-corrected chi connectivity index (χ3v) is 6.45. The van der Waals surface area contributed by atoms with E-state index in [2.05, 4.69) is 35.9 Å². The number of ether oxygens (including phenoxy) is 1. The number of allylic oxidation sites excluding steroid dienone is 1. The van der Waals surface area contributed by atoms with E-state index >= 15 is 0 Å². The molecule has 2 aromatic carbocycles. The summed E-state index contributed by atoms with van der Waals surface area (Å²) in [5, 5.41) is 1.19. The number of nitrogens with zero attached hydrogens (tertiary/aromatic N) is 3. The average molecular weight is 430 g/mol. The average Bonchev–Trinajstić information content (AvgIpc) is 3.45. The second kappa shape index (κ2) is 7.86. The SMILES string of the molecule is CCOC(=O)C1=C(n2c(=O)n(Cc3cn(C)c4cccc(C)c34)c3ccccc32)CCC1. The number of carbonyl (C=O) groups excluding carboxylic acids is 1. The third kappa shape index (κ3) is 3.09. The van der Waals surface area contributed by atoms with Crippen LogP contribution in [0.15, 0.2) is 59.0 Å². The Balaban J connectivity index is 1.71. The fraction of sp³-hybridized carbons (Fsp3) is 0.308. The van der Waals surface area contributed by atoms with Gasteiger partial charge in [-0.1, -0.05) is 24.3 Å². The molecule has 164 valence electrons. The van der Waals surface area contributed by atoms with Crippen LogP contribution in [0.25, 0.3) is 27.6 Å². The van der Waals surface area contributed by atoms with Crippen LogP contribution in [0.3, 0.4) is 0 Å². The summed E-state index contributed by atoms with van der Waals surface area (Å²) >= 11 is 0. The molecule has 1 aliphatic rings. The van der Waals surface area contributed by atoms with Gasteiger partial charge in [0.05, 0.1) is 29.8 Å². The molecule has 2 aromatic heterocycles. The van der Waals surface area contributed by atoms with Gasteiger partial charge in [-0.15, -0.1) is 0 Å². The van der Waals surface area contributed by atoms with E-state index < -0.39 is 0 Å². The van der Waals surface area contributed by atoms with E-state index in [4.69, 9.17) is 4.74 Å². The van der Waals surface area contributed by atoms with Gasteiger partial charge in [0.15, 0.2) is 0 Å². The number of aryl methyl sites for hydroxylation is 2. The van der Waals surface area contributed by atoms with Crippen molar-refractivity contribution in [2.75, 3.05) is 6.61 Å². The van der Waals surface area contributed by atoms with E-state index in [0.717, 1.165) is 34.2 Å². The first-order valence-electron chi connectivity index (χ1n) is 11.1. The molecule has 0 fully saturated rings. The van der Waals surface area contributed by atoms with Gasteiger partial charge in [0, 0.05) is 29.8 Å². The smallest absolute Gasteiger partial charge is 0.335 e. The summed E-state index contributed by atoms with van der Waals surface area (Å²) in [5.41, 5.74) is 6.43. The number of carbonyl (C=O) groups is 1. The molecule has 0 saturated carbocycles. The lowest BCUT2D eigenvalue weighted by Gasteiger charge is -2.08. The molecular weight excluding hydrogens is 402 g/mol. The Morgan fingerprint density at radius 1 is 1.03 bits per heavy atom. The maximum atomic E-state index is 13.8. The van der Waals surface area contributed by atoms with E-state index in [-0.39, 0.29) is 11.7 Å². The summed E-state index contributed by atoms with van der Waals surface area (Å²) in [4.78, 5) is 26.3. The Kier molecular flexibility index (Phi) is 5.00. The molecule has 1 aliphatic carbocycles. The van der Waals surface area contributed by atoms with Crippen LogP contribution in [0.5, 0.6) is 0 Å². The molecule has 2 heterocycles. The number of aromatic nitrogens is 3. The number of benzene rings is 2. The van der Waals surface area contributed by atoms with Crippen molar-refractivity contribution in [2.45, 2.75) is 39.7 Å². The number of hydrogen-bond donors (Lipinski definition) is 0. The molecule has 32 heavy (non-hydrogen) atoms. The molecule has 0 saturated heterocycles. The molecule has 0 amide bonds. The van der Waals surface area contributed by atoms with Gasteiger partial charge in [0.2, 0.25) is 0 Å². The summed E-state index contributed by atoms with van der Waals surface area (Å²) in [6, 6.07) is 14.1. The van der Waals surface area contributed by atoms with Crippen LogP contribution in [0.1, 0.15) is 37.3 Å². The molecule has 0 N–H and O–H groups in total. The number of fused-ring (bicyclic) bond motifs is 2. The predicted octanol–water partition coefficient (Wildman–Crippen LogP) is 4.61. The van der Waals surface area contributed by atoms with Crippen LogP contribution in [0.2, 0.25) is 0 Å². The highest BCUT2D eigenvalue weighted by Crippen LogP contribution is 2.33. The minimum absolute atomic E-state index is 0.115. The molecule has 0 unspecified atom stereocenters. The minimum atomic E-state index is -0.312. The zero-order valence-corrected chi connectivity index (χ0v) is 18.7. The molecule has 6 heteroatoms.